The Morgan fingerprint density at radius 2 is 2.21 bits per heavy atom. The molecule has 0 aliphatic heterocycles. The van der Waals surface area contributed by atoms with Gasteiger partial charge < -0.3 is 10.6 Å². The number of nitrogens with one attached hydrogen (secondary N) is 1. The van der Waals surface area contributed by atoms with Crippen molar-refractivity contribution in [3.63, 3.8) is 0 Å². The van der Waals surface area contributed by atoms with Crippen molar-refractivity contribution in [3.8, 4) is 0 Å². The quantitative estimate of drug-likeness (QED) is 0.659. The van der Waals surface area contributed by atoms with Crippen LogP contribution in [-0.4, -0.2) is 12.9 Å². The highest BCUT2D eigenvalue weighted by Crippen LogP contribution is 2.25. The van der Waals surface area contributed by atoms with Gasteiger partial charge >= 0.3 is 0 Å². The number of halogens is 2. The number of nitrogens with zero attached hydrogens (tertiary/aromatic N) is 1. The van der Waals surface area contributed by atoms with Crippen molar-refractivity contribution in [3.05, 3.63) is 50.4 Å². The maximum Gasteiger partial charge on any atom is 0.125 e. The summed E-state index contributed by atoms with van der Waals surface area (Å²) in [4.78, 5) is 3.13. The van der Waals surface area contributed by atoms with Crippen molar-refractivity contribution in [1.82, 2.24) is 0 Å². The van der Waals surface area contributed by atoms with Crippen LogP contribution in [0, 0.1) is 11.2 Å². The molecule has 1 aromatic carbocycles. The van der Waals surface area contributed by atoms with Crippen LogP contribution < -0.4 is 10.6 Å². The predicted molar refractivity (Wildman–Crippen MR) is 81.5 cm³/mol. The number of benzene rings is 1. The van der Waals surface area contributed by atoms with Crippen LogP contribution >= 0.6 is 27.3 Å². The van der Waals surface area contributed by atoms with E-state index >= 15 is 0 Å². The third kappa shape index (κ3) is 3.33. The molecule has 0 atom stereocenters. The lowest BCUT2D eigenvalue weighted by atomic mass is 10.1. The monoisotopic (exact) mass is 341 g/mol. The zero-order valence-corrected chi connectivity index (χ0v) is 12.7. The lowest BCUT2D eigenvalue weighted by molar-refractivity contribution is 0.627. The Labute approximate surface area is 123 Å². The van der Waals surface area contributed by atoms with Crippen LogP contribution in [0.25, 0.3) is 0 Å². The molecule has 0 amide bonds. The molecular formula is C13H13BrFN3S. The number of rotatable bonds is 4. The molecule has 1 heterocycles. The molecular weight excluding hydrogens is 329 g/mol. The molecule has 2 rings (SSSR count). The van der Waals surface area contributed by atoms with E-state index in [1.54, 1.807) is 17.4 Å². The summed E-state index contributed by atoms with van der Waals surface area (Å²) >= 11 is 5.06. The molecule has 0 saturated carbocycles. The van der Waals surface area contributed by atoms with Gasteiger partial charge in [0.05, 0.1) is 6.54 Å². The lowest BCUT2D eigenvalue weighted by Gasteiger charge is -2.21. The number of amidine groups is 1. The minimum absolute atomic E-state index is 0.131. The fraction of sp³-hybridized carbons (Fsp3) is 0.154. The Morgan fingerprint density at radius 3 is 2.79 bits per heavy atom. The van der Waals surface area contributed by atoms with Gasteiger partial charge in [-0.25, -0.2) is 4.39 Å². The highest BCUT2D eigenvalue weighted by atomic mass is 79.9. The Morgan fingerprint density at radius 1 is 1.47 bits per heavy atom. The molecule has 1 aromatic heterocycles. The second kappa shape index (κ2) is 5.71. The largest absolute Gasteiger partial charge is 0.384 e. The van der Waals surface area contributed by atoms with Crippen LogP contribution in [0.1, 0.15) is 10.4 Å². The number of nitrogens with two attached hydrogens (primary N) is 1. The summed E-state index contributed by atoms with van der Waals surface area (Å²) in [7, 11) is 1.90. The van der Waals surface area contributed by atoms with Crippen molar-refractivity contribution < 1.29 is 4.39 Å². The van der Waals surface area contributed by atoms with E-state index in [-0.39, 0.29) is 11.7 Å². The van der Waals surface area contributed by atoms with Crippen molar-refractivity contribution in [2.24, 2.45) is 5.73 Å². The van der Waals surface area contributed by atoms with E-state index < -0.39 is 0 Å². The molecule has 0 fully saturated rings. The molecule has 3 N–H and O–H groups in total. The Hall–Kier alpha value is -1.40. The van der Waals surface area contributed by atoms with Gasteiger partial charge in [0.25, 0.3) is 0 Å². The van der Waals surface area contributed by atoms with Crippen molar-refractivity contribution in [2.75, 3.05) is 11.9 Å². The standard InChI is InChI=1S/C13H13BrFN3S/c1-18(6-10-4-8(14)7-19-10)12-3-2-9(15)5-11(12)13(16)17/h2-5,7H,6H2,1H3,(H3,16,17). The van der Waals surface area contributed by atoms with Crippen LogP contribution in [0.5, 0.6) is 0 Å². The topological polar surface area (TPSA) is 53.1 Å². The maximum absolute atomic E-state index is 13.2. The maximum atomic E-state index is 13.2. The Kier molecular flexibility index (Phi) is 4.21. The highest BCUT2D eigenvalue weighted by molar-refractivity contribution is 9.10. The van der Waals surface area contributed by atoms with E-state index in [0.29, 0.717) is 12.1 Å². The van der Waals surface area contributed by atoms with E-state index in [1.165, 1.54) is 17.0 Å². The molecule has 0 saturated heterocycles. The van der Waals surface area contributed by atoms with Gasteiger partial charge in [-0.05, 0) is 40.2 Å². The van der Waals surface area contributed by atoms with E-state index in [9.17, 15) is 4.39 Å². The molecule has 0 bridgehead atoms. The Bertz CT molecular complexity index is 612. The average Bonchev–Trinajstić information content (AvgIpc) is 2.74. The first kappa shape index (κ1) is 14.0. The van der Waals surface area contributed by atoms with Crippen LogP contribution in [-0.2, 0) is 6.54 Å². The minimum Gasteiger partial charge on any atom is -0.384 e. The summed E-state index contributed by atoms with van der Waals surface area (Å²) in [6.07, 6.45) is 0. The van der Waals surface area contributed by atoms with E-state index in [4.69, 9.17) is 11.1 Å². The molecule has 6 heteroatoms. The first-order valence-electron chi connectivity index (χ1n) is 5.55. The average molecular weight is 342 g/mol. The summed E-state index contributed by atoms with van der Waals surface area (Å²) in [5.41, 5.74) is 6.67. The summed E-state index contributed by atoms with van der Waals surface area (Å²) in [6.45, 7) is 0.683. The highest BCUT2D eigenvalue weighted by Gasteiger charge is 2.12. The minimum atomic E-state index is -0.388. The van der Waals surface area contributed by atoms with Crippen molar-refractivity contribution >= 4 is 38.8 Å². The molecule has 0 aliphatic carbocycles. The molecule has 0 spiro atoms. The van der Waals surface area contributed by atoms with Crippen LogP contribution in [0.4, 0.5) is 10.1 Å². The van der Waals surface area contributed by atoms with Gasteiger partial charge in [-0.15, -0.1) is 11.3 Å². The molecule has 2 aromatic rings. The number of nitrogen functional groups attached to an aromatic ring is 1. The molecule has 19 heavy (non-hydrogen) atoms. The summed E-state index contributed by atoms with van der Waals surface area (Å²) < 4.78 is 14.3. The SMILES string of the molecule is CN(Cc1cc(Br)cs1)c1ccc(F)cc1C(=N)N. The third-order valence-electron chi connectivity index (χ3n) is 2.67. The van der Waals surface area contributed by atoms with Gasteiger partial charge in [-0.1, -0.05) is 0 Å². The second-order valence-corrected chi connectivity index (χ2v) is 6.07. The van der Waals surface area contributed by atoms with Gasteiger partial charge in [0, 0.05) is 33.0 Å². The number of anilines is 1. The zero-order valence-electron chi connectivity index (χ0n) is 10.3. The third-order valence-corrected chi connectivity index (χ3v) is 4.36. The first-order chi connectivity index (χ1) is 8.97. The van der Waals surface area contributed by atoms with Crippen LogP contribution in [0.15, 0.2) is 34.1 Å². The predicted octanol–water partition coefficient (Wildman–Crippen LogP) is 3.57. The smallest absolute Gasteiger partial charge is 0.125 e. The fourth-order valence-electron chi connectivity index (χ4n) is 1.81. The van der Waals surface area contributed by atoms with E-state index in [2.05, 4.69) is 15.9 Å². The van der Waals surface area contributed by atoms with Gasteiger partial charge in [-0.2, -0.15) is 0 Å². The molecule has 0 radical (unpaired) electrons. The van der Waals surface area contributed by atoms with E-state index in [0.717, 1.165) is 10.2 Å². The number of thiophene rings is 1. The Balaban J connectivity index is 2.28. The van der Waals surface area contributed by atoms with Gasteiger partial charge in [0.2, 0.25) is 0 Å². The van der Waals surface area contributed by atoms with Gasteiger partial charge in [-0.3, -0.25) is 5.41 Å². The summed E-state index contributed by atoms with van der Waals surface area (Å²) in [5, 5.41) is 9.54. The first-order valence-corrected chi connectivity index (χ1v) is 7.22. The van der Waals surface area contributed by atoms with E-state index in [1.807, 2.05) is 23.4 Å². The number of hydrogen-bond acceptors (Lipinski definition) is 3. The van der Waals surface area contributed by atoms with Gasteiger partial charge in [0.15, 0.2) is 0 Å². The zero-order chi connectivity index (χ0) is 14.0. The fourth-order valence-corrected chi connectivity index (χ4v) is 3.32. The summed E-state index contributed by atoms with van der Waals surface area (Å²) in [6, 6.07) is 6.36. The molecule has 0 aliphatic rings. The van der Waals surface area contributed by atoms with Crippen LogP contribution in [0.2, 0.25) is 0 Å². The van der Waals surface area contributed by atoms with Crippen molar-refractivity contribution in [1.29, 1.82) is 5.41 Å². The van der Waals surface area contributed by atoms with Gasteiger partial charge in [0.1, 0.15) is 11.7 Å². The van der Waals surface area contributed by atoms with Crippen LogP contribution in [0.3, 0.4) is 0 Å². The molecule has 3 nitrogen and oxygen atoms in total. The number of hydrogen-bond donors (Lipinski definition) is 2. The lowest BCUT2D eigenvalue weighted by Crippen LogP contribution is -2.21. The molecule has 0 unspecified atom stereocenters. The van der Waals surface area contributed by atoms with Crippen molar-refractivity contribution in [2.45, 2.75) is 6.54 Å². The second-order valence-electron chi connectivity index (χ2n) is 4.16. The molecule has 100 valence electrons. The normalized spacial score (nSPS) is 10.5. The summed E-state index contributed by atoms with van der Waals surface area (Å²) in [5.74, 6) is -0.519.